The van der Waals surface area contributed by atoms with Gasteiger partial charge in [0.05, 0.1) is 0 Å². The summed E-state index contributed by atoms with van der Waals surface area (Å²) in [5.74, 6) is -1.49. The number of H-pyrrole nitrogens is 1. The lowest BCUT2D eigenvalue weighted by atomic mass is 10.2. The van der Waals surface area contributed by atoms with E-state index in [-0.39, 0.29) is 36.3 Å². The third-order valence-electron chi connectivity index (χ3n) is 3.53. The maximum atomic E-state index is 13.2. The third-order valence-corrected chi connectivity index (χ3v) is 3.53. The topological polar surface area (TPSA) is 107 Å². The number of nitrogens with one attached hydrogen (secondary N) is 3. The molecule has 2 aromatic heterocycles. The summed E-state index contributed by atoms with van der Waals surface area (Å²) in [6, 6.07) is 8.63. The minimum Gasteiger partial charge on any atom is -0.505 e. The molecule has 0 fully saturated rings. The van der Waals surface area contributed by atoms with Crippen molar-refractivity contribution >= 4 is 22.7 Å². The van der Waals surface area contributed by atoms with Gasteiger partial charge in [0.1, 0.15) is 17.3 Å². The van der Waals surface area contributed by atoms with Crippen LogP contribution in [0.5, 0.6) is 5.75 Å². The second-order valence-corrected chi connectivity index (χ2v) is 5.30. The molecule has 3 aromatic rings. The van der Waals surface area contributed by atoms with Crippen LogP contribution in [0.4, 0.5) is 4.39 Å². The summed E-state index contributed by atoms with van der Waals surface area (Å²) >= 11 is 0. The lowest BCUT2D eigenvalue weighted by Gasteiger charge is -2.06. The summed E-state index contributed by atoms with van der Waals surface area (Å²) < 4.78 is 13.2. The lowest BCUT2D eigenvalue weighted by Crippen LogP contribution is -2.35. The average molecular weight is 342 g/mol. The van der Waals surface area contributed by atoms with Crippen molar-refractivity contribution in [1.29, 1.82) is 0 Å². The van der Waals surface area contributed by atoms with E-state index in [9.17, 15) is 19.1 Å². The molecule has 0 atom stereocenters. The first-order chi connectivity index (χ1) is 12.0. The predicted molar refractivity (Wildman–Crippen MR) is 88.8 cm³/mol. The number of carbonyl (C=O) groups is 2. The maximum Gasteiger partial charge on any atom is 0.273 e. The van der Waals surface area contributed by atoms with Crippen LogP contribution in [0.2, 0.25) is 0 Å². The molecular formula is C17H15FN4O3. The van der Waals surface area contributed by atoms with Gasteiger partial charge in [-0.1, -0.05) is 0 Å². The van der Waals surface area contributed by atoms with Gasteiger partial charge in [0.2, 0.25) is 0 Å². The van der Waals surface area contributed by atoms with Gasteiger partial charge in [0.25, 0.3) is 11.8 Å². The van der Waals surface area contributed by atoms with Crippen molar-refractivity contribution in [3.63, 3.8) is 0 Å². The van der Waals surface area contributed by atoms with Gasteiger partial charge < -0.3 is 20.7 Å². The molecule has 25 heavy (non-hydrogen) atoms. The maximum absolute atomic E-state index is 13.2. The summed E-state index contributed by atoms with van der Waals surface area (Å²) in [6.45, 7) is 0.345. The number of amides is 2. The molecule has 2 heterocycles. The van der Waals surface area contributed by atoms with Gasteiger partial charge >= 0.3 is 0 Å². The van der Waals surface area contributed by atoms with Crippen molar-refractivity contribution < 1.29 is 19.1 Å². The standard InChI is InChI=1S/C17H15FN4O3/c18-11-3-4-12-10(8-11)9-13(22-12)16(24)20-6-7-21-17(25)15-14(23)2-1-5-19-15/h1-5,8-9,22-23H,6-7H2,(H,20,24)(H,21,25). The van der Waals surface area contributed by atoms with E-state index in [4.69, 9.17) is 0 Å². The molecule has 7 nitrogen and oxygen atoms in total. The van der Waals surface area contributed by atoms with E-state index in [0.717, 1.165) is 0 Å². The Bertz CT molecular complexity index is 939. The molecule has 0 aliphatic rings. The number of aromatic nitrogens is 2. The molecule has 1 aromatic carbocycles. The van der Waals surface area contributed by atoms with E-state index in [1.165, 1.54) is 30.5 Å². The number of aromatic hydroxyl groups is 1. The van der Waals surface area contributed by atoms with E-state index in [0.29, 0.717) is 16.6 Å². The zero-order chi connectivity index (χ0) is 17.8. The number of nitrogens with zero attached hydrogens (tertiary/aromatic N) is 1. The number of aromatic amines is 1. The molecule has 0 bridgehead atoms. The number of halogens is 1. The van der Waals surface area contributed by atoms with Gasteiger partial charge in [0.15, 0.2) is 5.69 Å². The van der Waals surface area contributed by atoms with Gasteiger partial charge in [-0.3, -0.25) is 9.59 Å². The molecule has 0 spiro atoms. The van der Waals surface area contributed by atoms with Crippen LogP contribution in [0.1, 0.15) is 21.0 Å². The summed E-state index contributed by atoms with van der Waals surface area (Å²) in [4.78, 5) is 30.6. The van der Waals surface area contributed by atoms with Crippen molar-refractivity contribution in [3.05, 3.63) is 59.8 Å². The Morgan fingerprint density at radius 1 is 1.12 bits per heavy atom. The largest absolute Gasteiger partial charge is 0.505 e. The van der Waals surface area contributed by atoms with Gasteiger partial charge in [-0.2, -0.15) is 0 Å². The molecule has 0 saturated heterocycles. The van der Waals surface area contributed by atoms with Crippen LogP contribution < -0.4 is 10.6 Å². The number of fused-ring (bicyclic) bond motifs is 1. The highest BCUT2D eigenvalue weighted by molar-refractivity contribution is 5.98. The minimum atomic E-state index is -0.534. The van der Waals surface area contributed by atoms with Gasteiger partial charge in [0, 0.05) is 30.2 Å². The molecule has 0 unspecified atom stereocenters. The number of hydrogen-bond acceptors (Lipinski definition) is 4. The molecule has 3 rings (SSSR count). The first-order valence-electron chi connectivity index (χ1n) is 7.53. The average Bonchev–Trinajstić information content (AvgIpc) is 3.02. The van der Waals surface area contributed by atoms with Crippen LogP contribution in [0, 0.1) is 5.82 Å². The number of hydrogen-bond donors (Lipinski definition) is 4. The van der Waals surface area contributed by atoms with Crippen LogP contribution in [0.3, 0.4) is 0 Å². The van der Waals surface area contributed by atoms with Crippen LogP contribution in [0.15, 0.2) is 42.6 Å². The SMILES string of the molecule is O=C(NCCNC(=O)c1ncccc1O)c1cc2cc(F)ccc2[nH]1. The Hall–Kier alpha value is -3.42. The fourth-order valence-corrected chi connectivity index (χ4v) is 2.33. The number of benzene rings is 1. The van der Waals surface area contributed by atoms with Gasteiger partial charge in [-0.05, 0) is 36.4 Å². The molecule has 4 N–H and O–H groups in total. The normalized spacial score (nSPS) is 10.6. The van der Waals surface area contributed by atoms with E-state index in [1.807, 2.05) is 0 Å². The zero-order valence-corrected chi connectivity index (χ0v) is 13.0. The second-order valence-electron chi connectivity index (χ2n) is 5.30. The smallest absolute Gasteiger partial charge is 0.273 e. The van der Waals surface area contributed by atoms with Gasteiger partial charge in [-0.15, -0.1) is 0 Å². The number of pyridine rings is 1. The van der Waals surface area contributed by atoms with Crippen molar-refractivity contribution in [2.24, 2.45) is 0 Å². The predicted octanol–water partition coefficient (Wildman–Crippen LogP) is 1.57. The Morgan fingerprint density at radius 2 is 1.88 bits per heavy atom. The Labute approximate surface area is 141 Å². The third kappa shape index (κ3) is 3.74. The van der Waals surface area contributed by atoms with Crippen LogP contribution in [-0.2, 0) is 0 Å². The van der Waals surface area contributed by atoms with Crippen molar-refractivity contribution in [2.45, 2.75) is 0 Å². The molecular weight excluding hydrogens is 327 g/mol. The molecule has 128 valence electrons. The summed E-state index contributed by atoms with van der Waals surface area (Å²) in [6.07, 6.45) is 1.40. The van der Waals surface area contributed by atoms with Gasteiger partial charge in [-0.25, -0.2) is 9.37 Å². The van der Waals surface area contributed by atoms with E-state index in [1.54, 1.807) is 12.1 Å². The van der Waals surface area contributed by atoms with Crippen molar-refractivity contribution in [3.8, 4) is 5.75 Å². The lowest BCUT2D eigenvalue weighted by molar-refractivity contribution is 0.0921. The second kappa shape index (κ2) is 7.00. The molecule has 0 aliphatic carbocycles. The Kier molecular flexibility index (Phi) is 4.60. The molecule has 0 saturated carbocycles. The van der Waals surface area contributed by atoms with Crippen LogP contribution in [-0.4, -0.2) is 40.0 Å². The summed E-state index contributed by atoms with van der Waals surface area (Å²) in [7, 11) is 0. The summed E-state index contributed by atoms with van der Waals surface area (Å²) in [5.41, 5.74) is 0.881. The monoisotopic (exact) mass is 342 g/mol. The quantitative estimate of drug-likeness (QED) is 0.528. The number of carbonyl (C=O) groups excluding carboxylic acids is 2. The van der Waals surface area contributed by atoms with E-state index >= 15 is 0 Å². The highest BCUT2D eigenvalue weighted by Crippen LogP contribution is 2.16. The molecule has 0 aliphatic heterocycles. The zero-order valence-electron chi connectivity index (χ0n) is 13.0. The summed E-state index contributed by atoms with van der Waals surface area (Å²) in [5, 5.41) is 15.3. The highest BCUT2D eigenvalue weighted by Gasteiger charge is 2.12. The van der Waals surface area contributed by atoms with Crippen molar-refractivity contribution in [1.82, 2.24) is 20.6 Å². The first kappa shape index (κ1) is 16.4. The minimum absolute atomic E-state index is 0.0773. The fraction of sp³-hybridized carbons (Fsp3) is 0.118. The highest BCUT2D eigenvalue weighted by atomic mass is 19.1. The molecule has 0 radical (unpaired) electrons. The van der Waals surface area contributed by atoms with E-state index < -0.39 is 5.91 Å². The Balaban J connectivity index is 1.52. The first-order valence-corrected chi connectivity index (χ1v) is 7.53. The van der Waals surface area contributed by atoms with E-state index in [2.05, 4.69) is 20.6 Å². The molecule has 2 amide bonds. The van der Waals surface area contributed by atoms with Crippen LogP contribution >= 0.6 is 0 Å². The van der Waals surface area contributed by atoms with Crippen molar-refractivity contribution in [2.75, 3.05) is 13.1 Å². The number of rotatable bonds is 5. The fourth-order valence-electron chi connectivity index (χ4n) is 2.33. The molecule has 8 heteroatoms. The van der Waals surface area contributed by atoms with Crippen LogP contribution in [0.25, 0.3) is 10.9 Å². The Morgan fingerprint density at radius 3 is 2.64 bits per heavy atom.